The number of halogens is 3. The zero-order valence-electron chi connectivity index (χ0n) is 13.5. The number of carbonyl (C=O) groups excluding carboxylic acids is 1. The summed E-state index contributed by atoms with van der Waals surface area (Å²) >= 11 is 0. The SMILES string of the molecule is CC(C)(C)OC(=O)N1CCCC(Nc2cc(F)c(F)cc2F)C1. The average Bonchev–Trinajstić information content (AvgIpc) is 2.43. The molecule has 2 rings (SSSR count). The van der Waals surface area contributed by atoms with Crippen molar-refractivity contribution in [3.05, 3.63) is 29.6 Å². The van der Waals surface area contributed by atoms with Gasteiger partial charge in [-0.3, -0.25) is 0 Å². The maximum absolute atomic E-state index is 13.7. The molecule has 0 bridgehead atoms. The van der Waals surface area contributed by atoms with Crippen LogP contribution < -0.4 is 5.32 Å². The normalized spacial score (nSPS) is 18.7. The third-order valence-electron chi connectivity index (χ3n) is 3.44. The lowest BCUT2D eigenvalue weighted by Crippen LogP contribution is -2.47. The molecule has 1 saturated heterocycles. The second-order valence-electron chi connectivity index (χ2n) is 6.66. The molecule has 0 saturated carbocycles. The number of hydrogen-bond acceptors (Lipinski definition) is 3. The minimum Gasteiger partial charge on any atom is -0.444 e. The number of amides is 1. The van der Waals surface area contributed by atoms with Gasteiger partial charge in [-0.25, -0.2) is 18.0 Å². The lowest BCUT2D eigenvalue weighted by molar-refractivity contribution is 0.0206. The summed E-state index contributed by atoms with van der Waals surface area (Å²) in [5, 5.41) is 2.83. The summed E-state index contributed by atoms with van der Waals surface area (Å²) in [7, 11) is 0. The molecule has 1 N–H and O–H groups in total. The Morgan fingerprint density at radius 3 is 2.52 bits per heavy atom. The van der Waals surface area contributed by atoms with Gasteiger partial charge >= 0.3 is 6.09 Å². The van der Waals surface area contributed by atoms with Crippen molar-refractivity contribution < 1.29 is 22.7 Å². The fourth-order valence-electron chi connectivity index (χ4n) is 2.44. The predicted octanol–water partition coefficient (Wildman–Crippen LogP) is 3.92. The molecule has 1 amide bonds. The van der Waals surface area contributed by atoms with E-state index in [1.165, 1.54) is 4.90 Å². The van der Waals surface area contributed by atoms with E-state index in [-0.39, 0.29) is 11.7 Å². The van der Waals surface area contributed by atoms with Gasteiger partial charge in [0, 0.05) is 31.3 Å². The second-order valence-corrected chi connectivity index (χ2v) is 6.66. The van der Waals surface area contributed by atoms with Crippen LogP contribution in [-0.4, -0.2) is 35.7 Å². The summed E-state index contributed by atoms with van der Waals surface area (Å²) in [6, 6.07) is 1.04. The number of hydrogen-bond donors (Lipinski definition) is 1. The van der Waals surface area contributed by atoms with Gasteiger partial charge in [-0.2, -0.15) is 0 Å². The summed E-state index contributed by atoms with van der Waals surface area (Å²) in [5.41, 5.74) is -0.705. The maximum atomic E-state index is 13.7. The zero-order valence-corrected chi connectivity index (χ0v) is 13.5. The van der Waals surface area contributed by atoms with Crippen molar-refractivity contribution in [1.82, 2.24) is 4.90 Å². The van der Waals surface area contributed by atoms with Crippen LogP contribution in [0.3, 0.4) is 0 Å². The first-order chi connectivity index (χ1) is 10.7. The number of ether oxygens (including phenoxy) is 1. The number of nitrogens with one attached hydrogen (secondary N) is 1. The molecule has 7 heteroatoms. The Hall–Kier alpha value is -1.92. The van der Waals surface area contributed by atoms with Gasteiger partial charge in [0.1, 0.15) is 11.4 Å². The van der Waals surface area contributed by atoms with Crippen LogP contribution in [-0.2, 0) is 4.74 Å². The first kappa shape index (κ1) is 17.4. The topological polar surface area (TPSA) is 41.6 Å². The summed E-state index contributed by atoms with van der Waals surface area (Å²) in [5.74, 6) is -3.21. The van der Waals surface area contributed by atoms with E-state index < -0.39 is 29.1 Å². The number of piperidine rings is 1. The minimum absolute atomic E-state index is 0.111. The molecule has 0 aromatic heterocycles. The summed E-state index contributed by atoms with van der Waals surface area (Å²) in [6.07, 6.45) is 0.967. The molecular weight excluding hydrogens is 309 g/mol. The Bertz CT molecular complexity index is 587. The molecule has 1 aromatic carbocycles. The molecule has 0 spiro atoms. The van der Waals surface area contributed by atoms with Crippen molar-refractivity contribution in [2.75, 3.05) is 18.4 Å². The van der Waals surface area contributed by atoms with Gasteiger partial charge in [0.2, 0.25) is 0 Å². The molecule has 1 aliphatic heterocycles. The van der Waals surface area contributed by atoms with Crippen molar-refractivity contribution in [2.24, 2.45) is 0 Å². The van der Waals surface area contributed by atoms with Gasteiger partial charge in [-0.05, 0) is 33.6 Å². The Morgan fingerprint density at radius 1 is 1.22 bits per heavy atom. The van der Waals surface area contributed by atoms with Gasteiger partial charge in [-0.15, -0.1) is 0 Å². The van der Waals surface area contributed by atoms with E-state index in [0.29, 0.717) is 32.0 Å². The maximum Gasteiger partial charge on any atom is 0.410 e. The highest BCUT2D eigenvalue weighted by Crippen LogP contribution is 2.22. The Morgan fingerprint density at radius 2 is 1.87 bits per heavy atom. The molecule has 4 nitrogen and oxygen atoms in total. The van der Waals surface area contributed by atoms with Crippen molar-refractivity contribution >= 4 is 11.8 Å². The van der Waals surface area contributed by atoms with Crippen LogP contribution in [0.2, 0.25) is 0 Å². The first-order valence-corrected chi connectivity index (χ1v) is 7.55. The van der Waals surface area contributed by atoms with E-state index in [0.717, 1.165) is 6.07 Å². The molecule has 0 aliphatic carbocycles. The molecule has 1 aliphatic rings. The number of rotatable bonds is 2. The fraction of sp³-hybridized carbons (Fsp3) is 0.562. The molecule has 1 atom stereocenters. The fourth-order valence-corrected chi connectivity index (χ4v) is 2.44. The molecule has 1 fully saturated rings. The Balaban J connectivity index is 2.02. The molecule has 1 aromatic rings. The first-order valence-electron chi connectivity index (χ1n) is 7.55. The van der Waals surface area contributed by atoms with Gasteiger partial charge in [0.25, 0.3) is 0 Å². The van der Waals surface area contributed by atoms with Crippen LogP contribution in [0.25, 0.3) is 0 Å². The van der Waals surface area contributed by atoms with Crippen molar-refractivity contribution in [3.8, 4) is 0 Å². The average molecular weight is 330 g/mol. The Labute approximate surface area is 133 Å². The largest absolute Gasteiger partial charge is 0.444 e. The van der Waals surface area contributed by atoms with Crippen LogP contribution in [0.1, 0.15) is 33.6 Å². The standard InChI is InChI=1S/C16H21F3N2O2/c1-16(2,3)23-15(22)21-6-4-5-10(9-21)20-14-8-12(18)11(17)7-13(14)19/h7-8,10,20H,4-6,9H2,1-3H3. The van der Waals surface area contributed by atoms with Crippen LogP contribution >= 0.6 is 0 Å². The highest BCUT2D eigenvalue weighted by molar-refractivity contribution is 5.68. The lowest BCUT2D eigenvalue weighted by Gasteiger charge is -2.34. The molecule has 1 heterocycles. The van der Waals surface area contributed by atoms with Crippen LogP contribution in [0, 0.1) is 17.5 Å². The van der Waals surface area contributed by atoms with Crippen molar-refractivity contribution in [3.63, 3.8) is 0 Å². The number of nitrogens with zero attached hydrogens (tertiary/aromatic N) is 1. The van der Waals surface area contributed by atoms with Crippen molar-refractivity contribution in [2.45, 2.75) is 45.3 Å². The van der Waals surface area contributed by atoms with Crippen molar-refractivity contribution in [1.29, 1.82) is 0 Å². The highest BCUT2D eigenvalue weighted by Gasteiger charge is 2.28. The second kappa shape index (κ2) is 6.68. The third kappa shape index (κ3) is 4.77. The molecule has 0 radical (unpaired) electrons. The lowest BCUT2D eigenvalue weighted by atomic mass is 10.1. The van der Waals surface area contributed by atoms with E-state index >= 15 is 0 Å². The van der Waals surface area contributed by atoms with Gasteiger partial charge < -0.3 is 15.0 Å². The van der Waals surface area contributed by atoms with Crippen LogP contribution in [0.15, 0.2) is 12.1 Å². The predicted molar refractivity (Wildman–Crippen MR) is 80.8 cm³/mol. The summed E-state index contributed by atoms with van der Waals surface area (Å²) < 4.78 is 45.2. The minimum atomic E-state index is -1.23. The quantitative estimate of drug-likeness (QED) is 0.836. The smallest absolute Gasteiger partial charge is 0.410 e. The van der Waals surface area contributed by atoms with E-state index in [1.807, 2.05) is 0 Å². The summed E-state index contributed by atoms with van der Waals surface area (Å²) in [4.78, 5) is 13.6. The number of anilines is 1. The number of likely N-dealkylation sites (tertiary alicyclic amines) is 1. The van der Waals surface area contributed by atoms with Gasteiger partial charge in [0.15, 0.2) is 11.6 Å². The third-order valence-corrected chi connectivity index (χ3v) is 3.44. The Kier molecular flexibility index (Phi) is 5.06. The van der Waals surface area contributed by atoms with Crippen LogP contribution in [0.5, 0.6) is 0 Å². The van der Waals surface area contributed by atoms with E-state index in [9.17, 15) is 18.0 Å². The number of carbonyl (C=O) groups is 1. The summed E-state index contributed by atoms with van der Waals surface area (Å²) in [6.45, 7) is 6.20. The zero-order chi connectivity index (χ0) is 17.2. The molecule has 23 heavy (non-hydrogen) atoms. The van der Waals surface area contributed by atoms with E-state index in [1.54, 1.807) is 20.8 Å². The monoisotopic (exact) mass is 330 g/mol. The molecule has 128 valence electrons. The number of benzene rings is 1. The van der Waals surface area contributed by atoms with E-state index in [4.69, 9.17) is 4.74 Å². The molecule has 1 unspecified atom stereocenters. The highest BCUT2D eigenvalue weighted by atomic mass is 19.2. The van der Waals surface area contributed by atoms with Crippen LogP contribution in [0.4, 0.5) is 23.7 Å². The van der Waals surface area contributed by atoms with Gasteiger partial charge in [-0.1, -0.05) is 0 Å². The van der Waals surface area contributed by atoms with E-state index in [2.05, 4.69) is 5.32 Å². The molecular formula is C16H21F3N2O2. The van der Waals surface area contributed by atoms with Gasteiger partial charge in [0.05, 0.1) is 5.69 Å².